The predicted molar refractivity (Wildman–Crippen MR) is 111 cm³/mol. The van der Waals surface area contributed by atoms with Crippen LogP contribution in [0.2, 0.25) is 5.02 Å². The zero-order valence-electron chi connectivity index (χ0n) is 15.1. The van der Waals surface area contributed by atoms with Crippen LogP contribution in [0.15, 0.2) is 42.6 Å². The van der Waals surface area contributed by atoms with Crippen molar-refractivity contribution in [2.24, 2.45) is 0 Å². The molecule has 148 valence electrons. The van der Waals surface area contributed by atoms with E-state index in [1.165, 1.54) is 18.3 Å². The van der Waals surface area contributed by atoms with Crippen molar-refractivity contribution in [1.82, 2.24) is 9.97 Å². The molecule has 2 heterocycles. The molecule has 0 saturated carbocycles. The number of aromatic amines is 1. The Balaban J connectivity index is 1.83. The standard InChI is InChI=1S/C20H14ClF2N3O2S/c1-2-29(28)26-16-6-4-14(22)17(18(16)23)19(27)10-3-5-15-12(7-10)13-8-11(21)9-24-20(13)25-15/h3-9,26H,2H2,1H3,(H,24,25). The number of benzene rings is 2. The van der Waals surface area contributed by atoms with Crippen molar-refractivity contribution in [3.63, 3.8) is 0 Å². The van der Waals surface area contributed by atoms with Crippen LogP contribution in [-0.4, -0.2) is 25.7 Å². The Labute approximate surface area is 171 Å². The molecule has 0 fully saturated rings. The van der Waals surface area contributed by atoms with E-state index in [-0.39, 0.29) is 17.0 Å². The van der Waals surface area contributed by atoms with Crippen LogP contribution in [0.25, 0.3) is 21.9 Å². The lowest BCUT2D eigenvalue weighted by Crippen LogP contribution is -2.13. The maximum absolute atomic E-state index is 14.8. The molecule has 0 saturated heterocycles. The first kappa shape index (κ1) is 19.5. The lowest BCUT2D eigenvalue weighted by Gasteiger charge is -2.10. The first-order valence-electron chi connectivity index (χ1n) is 8.63. The third-order valence-electron chi connectivity index (χ3n) is 4.48. The fourth-order valence-corrected chi connectivity index (χ4v) is 3.77. The minimum Gasteiger partial charge on any atom is -0.339 e. The number of carbonyl (C=O) groups is 1. The highest BCUT2D eigenvalue weighted by Crippen LogP contribution is 2.29. The second-order valence-electron chi connectivity index (χ2n) is 6.28. The Kier molecular flexibility index (Phi) is 5.06. The Morgan fingerprint density at radius 1 is 1.21 bits per heavy atom. The van der Waals surface area contributed by atoms with Crippen LogP contribution < -0.4 is 4.72 Å². The monoisotopic (exact) mass is 433 g/mol. The molecule has 1 unspecified atom stereocenters. The summed E-state index contributed by atoms with van der Waals surface area (Å²) >= 11 is 6.01. The number of hydrogen-bond acceptors (Lipinski definition) is 3. The molecular weight excluding hydrogens is 420 g/mol. The molecule has 1 atom stereocenters. The van der Waals surface area contributed by atoms with Gasteiger partial charge in [-0.3, -0.25) is 4.79 Å². The highest BCUT2D eigenvalue weighted by molar-refractivity contribution is 7.86. The van der Waals surface area contributed by atoms with E-state index in [2.05, 4.69) is 14.7 Å². The average molecular weight is 434 g/mol. The fourth-order valence-electron chi connectivity index (χ4n) is 3.07. The van der Waals surface area contributed by atoms with E-state index in [9.17, 15) is 17.8 Å². The van der Waals surface area contributed by atoms with Gasteiger partial charge in [-0.15, -0.1) is 0 Å². The molecule has 4 rings (SSSR count). The van der Waals surface area contributed by atoms with E-state index >= 15 is 0 Å². The van der Waals surface area contributed by atoms with Crippen LogP contribution in [0.1, 0.15) is 22.8 Å². The first-order chi connectivity index (χ1) is 13.9. The smallest absolute Gasteiger partial charge is 0.199 e. The van der Waals surface area contributed by atoms with E-state index in [4.69, 9.17) is 11.6 Å². The third kappa shape index (κ3) is 3.49. The summed E-state index contributed by atoms with van der Waals surface area (Å²) < 4.78 is 43.3. The minimum absolute atomic E-state index is 0.102. The van der Waals surface area contributed by atoms with Gasteiger partial charge in [0, 0.05) is 33.8 Å². The molecule has 0 aliphatic rings. The summed E-state index contributed by atoms with van der Waals surface area (Å²) in [6.45, 7) is 1.65. The molecule has 29 heavy (non-hydrogen) atoms. The number of aromatic nitrogens is 2. The van der Waals surface area contributed by atoms with Gasteiger partial charge in [0.2, 0.25) is 0 Å². The van der Waals surface area contributed by atoms with Gasteiger partial charge in [0.1, 0.15) is 22.5 Å². The predicted octanol–water partition coefficient (Wildman–Crippen LogP) is 4.97. The zero-order valence-corrected chi connectivity index (χ0v) is 16.6. The van der Waals surface area contributed by atoms with Gasteiger partial charge in [-0.2, -0.15) is 0 Å². The number of ketones is 1. The molecule has 5 nitrogen and oxygen atoms in total. The number of carbonyl (C=O) groups excluding carboxylic acids is 1. The summed E-state index contributed by atoms with van der Waals surface area (Å²) in [6.07, 6.45) is 1.49. The molecule has 4 aromatic rings. The normalized spacial score (nSPS) is 12.4. The number of nitrogens with one attached hydrogen (secondary N) is 2. The van der Waals surface area contributed by atoms with Crippen molar-refractivity contribution in [3.8, 4) is 0 Å². The van der Waals surface area contributed by atoms with Crippen molar-refractivity contribution < 1.29 is 17.8 Å². The maximum atomic E-state index is 14.8. The number of hydrogen-bond donors (Lipinski definition) is 2. The van der Waals surface area contributed by atoms with Gasteiger partial charge < -0.3 is 9.71 Å². The Bertz CT molecular complexity index is 1310. The van der Waals surface area contributed by atoms with Crippen molar-refractivity contribution in [3.05, 3.63) is 70.4 Å². The van der Waals surface area contributed by atoms with Crippen LogP contribution in [-0.2, 0) is 11.0 Å². The average Bonchev–Trinajstić information content (AvgIpc) is 3.07. The summed E-state index contributed by atoms with van der Waals surface area (Å²) in [5, 5.41) is 1.77. The molecule has 0 amide bonds. The minimum atomic E-state index is -1.54. The maximum Gasteiger partial charge on any atom is 0.199 e. The van der Waals surface area contributed by atoms with Gasteiger partial charge in [0.05, 0.1) is 16.3 Å². The highest BCUT2D eigenvalue weighted by atomic mass is 35.5. The lowest BCUT2D eigenvalue weighted by molar-refractivity contribution is 0.103. The van der Waals surface area contributed by atoms with Gasteiger partial charge in [-0.1, -0.05) is 18.5 Å². The molecule has 2 aromatic heterocycles. The fraction of sp³-hybridized carbons (Fsp3) is 0.100. The van der Waals surface area contributed by atoms with Gasteiger partial charge >= 0.3 is 0 Å². The second kappa shape index (κ2) is 7.53. The van der Waals surface area contributed by atoms with Gasteiger partial charge in [-0.25, -0.2) is 18.0 Å². The topological polar surface area (TPSA) is 74.8 Å². The second-order valence-corrected chi connectivity index (χ2v) is 8.19. The molecule has 0 spiro atoms. The van der Waals surface area contributed by atoms with Crippen molar-refractivity contribution in [2.75, 3.05) is 10.5 Å². The Morgan fingerprint density at radius 2 is 2.00 bits per heavy atom. The largest absolute Gasteiger partial charge is 0.339 e. The van der Waals surface area contributed by atoms with Gasteiger partial charge in [0.25, 0.3) is 0 Å². The van der Waals surface area contributed by atoms with Crippen LogP contribution in [0.5, 0.6) is 0 Å². The lowest BCUT2D eigenvalue weighted by atomic mass is 10.00. The van der Waals surface area contributed by atoms with E-state index < -0.39 is 34.0 Å². The summed E-state index contributed by atoms with van der Waals surface area (Å²) in [5.74, 6) is -2.67. The van der Waals surface area contributed by atoms with E-state index in [0.29, 0.717) is 27.0 Å². The van der Waals surface area contributed by atoms with E-state index in [1.54, 1.807) is 19.1 Å². The van der Waals surface area contributed by atoms with Crippen molar-refractivity contribution in [1.29, 1.82) is 0 Å². The number of nitrogens with zero attached hydrogens (tertiary/aromatic N) is 1. The van der Waals surface area contributed by atoms with Crippen LogP contribution >= 0.6 is 11.6 Å². The highest BCUT2D eigenvalue weighted by Gasteiger charge is 2.23. The van der Waals surface area contributed by atoms with Gasteiger partial charge in [0.15, 0.2) is 11.6 Å². The molecule has 0 bridgehead atoms. The number of H-pyrrole nitrogens is 1. The zero-order chi connectivity index (χ0) is 20.7. The van der Waals surface area contributed by atoms with Crippen LogP contribution in [0.3, 0.4) is 0 Å². The van der Waals surface area contributed by atoms with Crippen molar-refractivity contribution >= 4 is 56.0 Å². The summed E-state index contributed by atoms with van der Waals surface area (Å²) in [7, 11) is -1.54. The number of anilines is 1. The number of halogens is 3. The van der Waals surface area contributed by atoms with Crippen LogP contribution in [0.4, 0.5) is 14.5 Å². The number of fused-ring (bicyclic) bond motifs is 3. The van der Waals surface area contributed by atoms with Crippen molar-refractivity contribution in [2.45, 2.75) is 6.92 Å². The molecule has 2 aromatic carbocycles. The molecule has 0 radical (unpaired) electrons. The molecule has 2 N–H and O–H groups in total. The van der Waals surface area contributed by atoms with Crippen LogP contribution in [0, 0.1) is 11.6 Å². The summed E-state index contributed by atoms with van der Waals surface area (Å²) in [4.78, 5) is 20.2. The first-order valence-corrected chi connectivity index (χ1v) is 10.3. The third-order valence-corrected chi connectivity index (χ3v) is 5.66. The molecule has 9 heteroatoms. The molecule has 0 aliphatic heterocycles. The van der Waals surface area contributed by atoms with Gasteiger partial charge in [-0.05, 0) is 36.4 Å². The summed E-state index contributed by atoms with van der Waals surface area (Å²) in [5.41, 5.74) is 0.489. The Morgan fingerprint density at radius 3 is 2.76 bits per heavy atom. The summed E-state index contributed by atoms with van der Waals surface area (Å²) in [6, 6.07) is 8.44. The quantitative estimate of drug-likeness (QED) is 0.436. The molecule has 0 aliphatic carbocycles. The molecular formula is C20H14ClF2N3O2S. The number of rotatable bonds is 5. The van der Waals surface area contributed by atoms with E-state index in [1.807, 2.05) is 0 Å². The SMILES string of the molecule is CCS(=O)Nc1ccc(F)c(C(=O)c2ccc3[nH]c4ncc(Cl)cc4c3c2)c1F. The Hall–Kier alpha value is -2.84. The van der Waals surface area contributed by atoms with E-state index in [0.717, 1.165) is 12.1 Å². The number of pyridine rings is 1.